The molecule has 1 saturated carbocycles. The van der Waals surface area contributed by atoms with Crippen molar-refractivity contribution in [2.24, 2.45) is 10.2 Å². The molecule has 0 bridgehead atoms. The molecule has 0 amide bonds. The number of benzene rings is 1. The lowest BCUT2D eigenvalue weighted by molar-refractivity contribution is -0.150. The second-order valence-electron chi connectivity index (χ2n) is 4.40. The maximum absolute atomic E-state index is 13.4. The van der Waals surface area contributed by atoms with E-state index in [4.69, 9.17) is 0 Å². The Hall–Kier alpha value is -1.63. The van der Waals surface area contributed by atoms with Crippen LogP contribution in [0.3, 0.4) is 0 Å². The third kappa shape index (κ3) is 2.49. The first-order chi connectivity index (χ1) is 9.51. The minimum Gasteiger partial charge on any atom is -0.467 e. The van der Waals surface area contributed by atoms with Crippen LogP contribution in [0, 0.1) is 5.82 Å². The molecule has 5 nitrogen and oxygen atoms in total. The summed E-state index contributed by atoms with van der Waals surface area (Å²) in [5, 5.41) is 7.74. The molecule has 1 aliphatic rings. The highest BCUT2D eigenvalue weighted by Crippen LogP contribution is 2.34. The van der Waals surface area contributed by atoms with Crippen LogP contribution in [0.25, 0.3) is 0 Å². The average molecular weight is 343 g/mol. The molecule has 0 radical (unpaired) electrons. The number of rotatable bonds is 3. The summed E-state index contributed by atoms with van der Waals surface area (Å²) in [5.41, 5.74) is -1.37. The molecule has 1 aromatic carbocycles. The third-order valence-corrected chi connectivity index (χ3v) is 3.97. The summed E-state index contributed by atoms with van der Waals surface area (Å²) < 4.78 is 18.2. The molecular weight excluding hydrogens is 331 g/mol. The third-order valence-electron chi connectivity index (χ3n) is 3.19. The summed E-state index contributed by atoms with van der Waals surface area (Å²) >= 11 is 3.05. The predicted octanol–water partition coefficient (Wildman–Crippen LogP) is 3.34. The van der Waals surface area contributed by atoms with Crippen molar-refractivity contribution in [2.75, 3.05) is 7.11 Å². The maximum Gasteiger partial charge on any atom is 0.343 e. The zero-order valence-electron chi connectivity index (χ0n) is 10.7. The van der Waals surface area contributed by atoms with Crippen LogP contribution in [0.15, 0.2) is 32.9 Å². The van der Waals surface area contributed by atoms with Gasteiger partial charge in [0, 0.05) is 6.42 Å². The van der Waals surface area contributed by atoms with Crippen LogP contribution in [0.1, 0.15) is 19.3 Å². The van der Waals surface area contributed by atoms with Gasteiger partial charge >= 0.3 is 5.97 Å². The fourth-order valence-corrected chi connectivity index (χ4v) is 2.43. The van der Waals surface area contributed by atoms with Crippen LogP contribution < -0.4 is 0 Å². The molecule has 0 N–H and O–H groups in total. The van der Waals surface area contributed by atoms with E-state index in [1.54, 1.807) is 0 Å². The largest absolute Gasteiger partial charge is 0.467 e. The molecule has 1 atom stereocenters. The number of methoxy groups -OCH3 is 1. The number of carbonyl (C=O) groups excluding carboxylic acids is 2. The fourth-order valence-electron chi connectivity index (χ4n) is 2.09. The summed E-state index contributed by atoms with van der Waals surface area (Å²) in [4.78, 5) is 23.8. The Balaban J connectivity index is 2.38. The van der Waals surface area contributed by atoms with Crippen molar-refractivity contribution in [3.63, 3.8) is 0 Å². The molecule has 0 saturated heterocycles. The first-order valence-electron chi connectivity index (χ1n) is 6.00. The van der Waals surface area contributed by atoms with Gasteiger partial charge in [0.2, 0.25) is 5.54 Å². The smallest absolute Gasteiger partial charge is 0.343 e. The Kier molecular flexibility index (Phi) is 4.27. The topological polar surface area (TPSA) is 68.1 Å². The molecule has 0 aromatic heterocycles. The number of halogens is 2. The van der Waals surface area contributed by atoms with E-state index in [0.29, 0.717) is 6.42 Å². The van der Waals surface area contributed by atoms with Crippen molar-refractivity contribution < 1.29 is 18.7 Å². The van der Waals surface area contributed by atoms with E-state index in [1.165, 1.54) is 25.3 Å². The SMILES string of the molecule is COC(=O)C1(N=Nc2cccc(F)c2Br)CCCC1=O. The lowest BCUT2D eigenvalue weighted by Gasteiger charge is -2.17. The van der Waals surface area contributed by atoms with E-state index in [1.807, 2.05) is 0 Å². The van der Waals surface area contributed by atoms with Crippen molar-refractivity contribution in [3.8, 4) is 0 Å². The highest BCUT2D eigenvalue weighted by atomic mass is 79.9. The maximum atomic E-state index is 13.4. The number of Topliss-reactive ketones (excluding diaryl/α,β-unsaturated/α-hetero) is 1. The van der Waals surface area contributed by atoms with Crippen molar-refractivity contribution in [1.29, 1.82) is 0 Å². The van der Waals surface area contributed by atoms with E-state index >= 15 is 0 Å². The van der Waals surface area contributed by atoms with Crippen molar-refractivity contribution in [2.45, 2.75) is 24.8 Å². The zero-order valence-corrected chi connectivity index (χ0v) is 12.3. The quantitative estimate of drug-likeness (QED) is 0.480. The van der Waals surface area contributed by atoms with Gasteiger partial charge in [0.25, 0.3) is 0 Å². The van der Waals surface area contributed by atoms with Crippen LogP contribution in [-0.4, -0.2) is 24.4 Å². The number of carbonyl (C=O) groups is 2. The van der Waals surface area contributed by atoms with E-state index in [9.17, 15) is 14.0 Å². The Morgan fingerprint density at radius 3 is 2.85 bits per heavy atom. The molecule has 1 aliphatic carbocycles. The van der Waals surface area contributed by atoms with Crippen molar-refractivity contribution >= 4 is 33.4 Å². The Morgan fingerprint density at radius 1 is 1.50 bits per heavy atom. The number of hydrogen-bond acceptors (Lipinski definition) is 5. The molecule has 1 fully saturated rings. The molecule has 2 rings (SSSR count). The Labute approximate surface area is 123 Å². The Bertz CT molecular complexity index is 591. The van der Waals surface area contributed by atoms with Gasteiger partial charge in [0.05, 0.1) is 11.6 Å². The van der Waals surface area contributed by atoms with Crippen molar-refractivity contribution in [3.05, 3.63) is 28.5 Å². The van der Waals surface area contributed by atoms with Crippen LogP contribution in [0.2, 0.25) is 0 Å². The number of esters is 1. The van der Waals surface area contributed by atoms with E-state index in [2.05, 4.69) is 30.9 Å². The monoisotopic (exact) mass is 342 g/mol. The van der Waals surface area contributed by atoms with E-state index in [-0.39, 0.29) is 28.8 Å². The summed E-state index contributed by atoms with van der Waals surface area (Å²) in [6, 6.07) is 4.26. The molecule has 1 aromatic rings. The van der Waals surface area contributed by atoms with Crippen LogP contribution in [-0.2, 0) is 14.3 Å². The molecular formula is C13H12BrFN2O3. The van der Waals surface area contributed by atoms with Crippen LogP contribution in [0.5, 0.6) is 0 Å². The minimum atomic E-state index is -1.58. The molecule has 0 aliphatic heterocycles. The molecule has 106 valence electrons. The van der Waals surface area contributed by atoms with Gasteiger partial charge in [0.1, 0.15) is 11.5 Å². The van der Waals surface area contributed by atoms with Gasteiger partial charge in [-0.15, -0.1) is 0 Å². The predicted molar refractivity (Wildman–Crippen MR) is 72.2 cm³/mol. The van der Waals surface area contributed by atoms with Gasteiger partial charge in [-0.2, -0.15) is 10.2 Å². The van der Waals surface area contributed by atoms with Crippen LogP contribution >= 0.6 is 15.9 Å². The first-order valence-corrected chi connectivity index (χ1v) is 6.79. The fraction of sp³-hybridized carbons (Fsp3) is 0.385. The second kappa shape index (κ2) is 5.78. The number of ether oxygens (including phenoxy) is 1. The lowest BCUT2D eigenvalue weighted by atomic mass is 9.98. The molecule has 20 heavy (non-hydrogen) atoms. The lowest BCUT2D eigenvalue weighted by Crippen LogP contribution is -2.41. The van der Waals surface area contributed by atoms with Gasteiger partial charge in [0.15, 0.2) is 5.78 Å². The molecule has 7 heteroatoms. The van der Waals surface area contributed by atoms with Gasteiger partial charge in [-0.3, -0.25) is 4.79 Å². The van der Waals surface area contributed by atoms with Crippen LogP contribution in [0.4, 0.5) is 10.1 Å². The van der Waals surface area contributed by atoms with Gasteiger partial charge in [-0.1, -0.05) is 6.07 Å². The summed E-state index contributed by atoms with van der Waals surface area (Å²) in [5.74, 6) is -1.54. The van der Waals surface area contributed by atoms with E-state index in [0.717, 1.165) is 0 Å². The molecule has 0 spiro atoms. The average Bonchev–Trinajstić information content (AvgIpc) is 2.82. The summed E-state index contributed by atoms with van der Waals surface area (Å²) in [6.45, 7) is 0. The number of ketones is 1. The standard InChI is InChI=1S/C13H12BrFN2O3/c1-20-12(19)13(7-3-6-10(13)18)17-16-9-5-2-4-8(15)11(9)14/h2,4-5H,3,6-7H2,1H3. The Morgan fingerprint density at radius 2 is 2.25 bits per heavy atom. The number of nitrogens with zero attached hydrogens (tertiary/aromatic N) is 2. The van der Waals surface area contributed by atoms with Crippen molar-refractivity contribution in [1.82, 2.24) is 0 Å². The highest BCUT2D eigenvalue weighted by molar-refractivity contribution is 9.10. The minimum absolute atomic E-state index is 0.134. The normalized spacial score (nSPS) is 22.4. The number of hydrogen-bond donors (Lipinski definition) is 0. The van der Waals surface area contributed by atoms with Gasteiger partial charge in [-0.05, 0) is 40.9 Å². The number of azo groups is 1. The first kappa shape index (κ1) is 14.8. The highest BCUT2D eigenvalue weighted by Gasteiger charge is 2.50. The summed E-state index contributed by atoms with van der Waals surface area (Å²) in [7, 11) is 1.20. The second-order valence-corrected chi connectivity index (χ2v) is 5.19. The van der Waals surface area contributed by atoms with E-state index < -0.39 is 17.3 Å². The summed E-state index contributed by atoms with van der Waals surface area (Å²) in [6.07, 6.45) is 1.07. The molecule has 0 heterocycles. The van der Waals surface area contributed by atoms with Gasteiger partial charge < -0.3 is 4.74 Å². The zero-order chi connectivity index (χ0) is 14.8. The molecule has 1 unspecified atom stereocenters. The van der Waals surface area contributed by atoms with Gasteiger partial charge in [-0.25, -0.2) is 9.18 Å².